The lowest BCUT2D eigenvalue weighted by Gasteiger charge is -2.37. The average molecular weight is 453 g/mol. The number of nitrogens with zero attached hydrogens (tertiary/aromatic N) is 1. The predicted octanol–water partition coefficient (Wildman–Crippen LogP) is 5.88. The van der Waals surface area contributed by atoms with Gasteiger partial charge in [-0.25, -0.2) is 0 Å². The Labute approximate surface area is 191 Å². The third kappa shape index (κ3) is 5.27. The summed E-state index contributed by atoms with van der Waals surface area (Å²) in [6.45, 7) is 0.931. The van der Waals surface area contributed by atoms with Gasteiger partial charge < -0.3 is 10.2 Å². The van der Waals surface area contributed by atoms with Crippen LogP contribution in [0.25, 0.3) is 0 Å². The molecule has 2 amide bonds. The molecule has 6 heteroatoms. The summed E-state index contributed by atoms with van der Waals surface area (Å²) in [5.41, 5.74) is 2.38. The number of carbonyl (C=O) groups excluding carboxylic acids is 2. The zero-order valence-corrected chi connectivity index (χ0v) is 18.3. The molecular weight excluding hydrogens is 431 g/mol. The minimum atomic E-state index is -0.328. The quantitative estimate of drug-likeness (QED) is 0.537. The number of piperidine rings is 1. The molecule has 0 aromatic heterocycles. The van der Waals surface area contributed by atoms with Gasteiger partial charge in [-0.15, -0.1) is 0 Å². The molecule has 158 valence electrons. The van der Waals surface area contributed by atoms with E-state index >= 15 is 0 Å². The van der Waals surface area contributed by atoms with E-state index in [2.05, 4.69) is 17.4 Å². The maximum atomic E-state index is 13.2. The molecule has 3 aromatic rings. The number of amides is 2. The molecule has 4 nitrogen and oxygen atoms in total. The van der Waals surface area contributed by atoms with Gasteiger partial charge in [0, 0.05) is 40.3 Å². The van der Waals surface area contributed by atoms with E-state index < -0.39 is 0 Å². The molecule has 0 radical (unpaired) electrons. The molecule has 1 aliphatic rings. The summed E-state index contributed by atoms with van der Waals surface area (Å²) in [4.78, 5) is 28.0. The van der Waals surface area contributed by atoms with Crippen LogP contribution in [0.15, 0.2) is 78.9 Å². The molecule has 1 fully saturated rings. The highest BCUT2D eigenvalue weighted by Crippen LogP contribution is 2.32. The highest BCUT2D eigenvalue weighted by Gasteiger charge is 2.35. The van der Waals surface area contributed by atoms with Crippen LogP contribution in [-0.2, 0) is 4.79 Å². The summed E-state index contributed by atoms with van der Waals surface area (Å²) in [7, 11) is 0. The van der Waals surface area contributed by atoms with Gasteiger partial charge in [-0.1, -0.05) is 53.5 Å². The van der Waals surface area contributed by atoms with Crippen LogP contribution >= 0.6 is 23.2 Å². The summed E-state index contributed by atoms with van der Waals surface area (Å²) in [5.74, 6) is -0.448. The molecule has 1 saturated heterocycles. The molecule has 1 N–H and O–H groups in total. The Morgan fingerprint density at radius 2 is 1.42 bits per heavy atom. The summed E-state index contributed by atoms with van der Waals surface area (Å²) < 4.78 is 0. The first-order valence-electron chi connectivity index (χ1n) is 10.2. The molecule has 0 bridgehead atoms. The Balaban J connectivity index is 1.56. The zero-order valence-electron chi connectivity index (χ0n) is 16.8. The Morgan fingerprint density at radius 3 is 2.06 bits per heavy atom. The smallest absolute Gasteiger partial charge is 0.253 e. The van der Waals surface area contributed by atoms with E-state index in [0.29, 0.717) is 40.8 Å². The van der Waals surface area contributed by atoms with Gasteiger partial charge in [0.2, 0.25) is 5.91 Å². The fourth-order valence-corrected chi connectivity index (χ4v) is 4.23. The van der Waals surface area contributed by atoms with Gasteiger partial charge in [-0.05, 0) is 60.5 Å². The van der Waals surface area contributed by atoms with E-state index in [1.54, 1.807) is 53.4 Å². The van der Waals surface area contributed by atoms with E-state index in [0.717, 1.165) is 5.56 Å². The Morgan fingerprint density at radius 1 is 0.806 bits per heavy atom. The third-order valence-electron chi connectivity index (χ3n) is 5.58. The lowest BCUT2D eigenvalue weighted by Crippen LogP contribution is -2.46. The normalized spacial score (nSPS) is 18.5. The monoisotopic (exact) mass is 452 g/mol. The predicted molar refractivity (Wildman–Crippen MR) is 125 cm³/mol. The number of hydrogen-bond donors (Lipinski definition) is 1. The van der Waals surface area contributed by atoms with Gasteiger partial charge in [-0.3, -0.25) is 9.59 Å². The van der Waals surface area contributed by atoms with E-state index in [-0.39, 0.29) is 23.7 Å². The molecule has 0 spiro atoms. The lowest BCUT2D eigenvalue weighted by molar-refractivity contribution is -0.121. The fraction of sp³-hybridized carbons (Fsp3) is 0.200. The Hall–Kier alpha value is -2.82. The first-order chi connectivity index (χ1) is 15.0. The molecule has 1 heterocycles. The molecule has 31 heavy (non-hydrogen) atoms. The van der Waals surface area contributed by atoms with Crippen molar-refractivity contribution in [2.75, 3.05) is 18.4 Å². The Bertz CT molecular complexity index is 1050. The van der Waals surface area contributed by atoms with Crippen LogP contribution in [0.1, 0.15) is 28.3 Å². The van der Waals surface area contributed by atoms with Gasteiger partial charge in [-0.2, -0.15) is 0 Å². The molecular formula is C25H22Cl2N2O2. The maximum Gasteiger partial charge on any atom is 0.253 e. The van der Waals surface area contributed by atoms with Gasteiger partial charge in [0.1, 0.15) is 0 Å². The second-order valence-corrected chi connectivity index (χ2v) is 8.63. The van der Waals surface area contributed by atoms with Crippen molar-refractivity contribution in [1.29, 1.82) is 0 Å². The van der Waals surface area contributed by atoms with Gasteiger partial charge >= 0.3 is 0 Å². The highest BCUT2D eigenvalue weighted by molar-refractivity contribution is 6.31. The van der Waals surface area contributed by atoms with Crippen LogP contribution in [-0.4, -0.2) is 29.8 Å². The zero-order chi connectivity index (χ0) is 21.8. The van der Waals surface area contributed by atoms with Gasteiger partial charge in [0.15, 0.2) is 0 Å². The molecule has 0 aliphatic carbocycles. The molecule has 2 atom stereocenters. The van der Waals surface area contributed by atoms with Gasteiger partial charge in [0.25, 0.3) is 5.91 Å². The first-order valence-corrected chi connectivity index (χ1v) is 10.9. The molecule has 2 unspecified atom stereocenters. The van der Waals surface area contributed by atoms with Gasteiger partial charge in [0.05, 0.1) is 5.92 Å². The number of benzene rings is 3. The summed E-state index contributed by atoms with van der Waals surface area (Å²) >= 11 is 11.9. The van der Waals surface area contributed by atoms with E-state index in [9.17, 15) is 9.59 Å². The third-order valence-corrected chi connectivity index (χ3v) is 6.09. The lowest BCUT2D eigenvalue weighted by atomic mass is 9.83. The first kappa shape index (κ1) is 21.4. The van der Waals surface area contributed by atoms with Crippen LogP contribution in [0.4, 0.5) is 5.69 Å². The number of carbonyl (C=O) groups is 2. The molecule has 3 aromatic carbocycles. The second-order valence-electron chi connectivity index (χ2n) is 7.75. The van der Waals surface area contributed by atoms with Crippen molar-refractivity contribution in [2.24, 2.45) is 5.92 Å². The van der Waals surface area contributed by atoms with Crippen LogP contribution in [0, 0.1) is 5.92 Å². The van der Waals surface area contributed by atoms with Crippen molar-refractivity contribution < 1.29 is 9.59 Å². The minimum Gasteiger partial charge on any atom is -0.337 e. The topological polar surface area (TPSA) is 49.4 Å². The number of halogens is 2. The average Bonchev–Trinajstić information content (AvgIpc) is 2.81. The number of likely N-dealkylation sites (tertiary alicyclic amines) is 1. The van der Waals surface area contributed by atoms with Crippen LogP contribution in [0.3, 0.4) is 0 Å². The SMILES string of the molecule is O=C(Nc1ccc(Cl)cc1)C1CC(c2ccccc2)CN(C(=O)c2ccc(Cl)cc2)C1. The van der Waals surface area contributed by atoms with Crippen molar-refractivity contribution in [2.45, 2.75) is 12.3 Å². The highest BCUT2D eigenvalue weighted by atomic mass is 35.5. The molecule has 1 aliphatic heterocycles. The number of anilines is 1. The fourth-order valence-electron chi connectivity index (χ4n) is 3.97. The van der Waals surface area contributed by atoms with Crippen molar-refractivity contribution in [3.63, 3.8) is 0 Å². The van der Waals surface area contributed by atoms with E-state index in [4.69, 9.17) is 23.2 Å². The van der Waals surface area contributed by atoms with E-state index in [1.165, 1.54) is 0 Å². The summed E-state index contributed by atoms with van der Waals surface area (Å²) in [6, 6.07) is 23.9. The second kappa shape index (κ2) is 9.54. The minimum absolute atomic E-state index is 0.0761. The van der Waals surface area contributed by atoms with Crippen molar-refractivity contribution >= 4 is 40.7 Å². The summed E-state index contributed by atoms with van der Waals surface area (Å²) in [5, 5.41) is 4.16. The maximum absolute atomic E-state index is 13.2. The van der Waals surface area contributed by atoms with Crippen molar-refractivity contribution in [3.8, 4) is 0 Å². The molecule has 0 saturated carbocycles. The van der Waals surface area contributed by atoms with Crippen molar-refractivity contribution in [3.05, 3.63) is 100 Å². The van der Waals surface area contributed by atoms with Crippen LogP contribution < -0.4 is 5.32 Å². The van der Waals surface area contributed by atoms with Crippen LogP contribution in [0.5, 0.6) is 0 Å². The van der Waals surface area contributed by atoms with Crippen molar-refractivity contribution in [1.82, 2.24) is 4.90 Å². The largest absolute Gasteiger partial charge is 0.337 e. The number of rotatable bonds is 4. The van der Waals surface area contributed by atoms with Crippen LogP contribution in [0.2, 0.25) is 10.0 Å². The standard InChI is InChI=1S/C25H22Cl2N2O2/c26-21-8-6-18(7-9-21)25(31)29-15-19(17-4-2-1-3-5-17)14-20(16-29)24(30)28-23-12-10-22(27)11-13-23/h1-13,19-20H,14-16H2,(H,28,30). The number of hydrogen-bond acceptors (Lipinski definition) is 2. The van der Waals surface area contributed by atoms with E-state index in [1.807, 2.05) is 18.2 Å². The Kier molecular flexibility index (Phi) is 6.59. The molecule has 4 rings (SSSR count). The number of nitrogens with one attached hydrogen (secondary N) is 1. The summed E-state index contributed by atoms with van der Waals surface area (Å²) in [6.07, 6.45) is 0.674.